The van der Waals surface area contributed by atoms with Crippen LogP contribution in [0.3, 0.4) is 0 Å². The molecule has 1 unspecified atom stereocenters. The van der Waals surface area contributed by atoms with Crippen LogP contribution in [0.4, 0.5) is 0 Å². The lowest BCUT2D eigenvalue weighted by Gasteiger charge is -2.06. The molecule has 0 N–H and O–H groups in total. The molecule has 74 valence electrons. The molecule has 1 aromatic carbocycles. The van der Waals surface area contributed by atoms with Crippen molar-refractivity contribution in [1.29, 1.82) is 0 Å². The van der Waals surface area contributed by atoms with Crippen molar-refractivity contribution in [2.75, 3.05) is 6.61 Å². The van der Waals surface area contributed by atoms with Gasteiger partial charge in [0.1, 0.15) is 11.1 Å². The van der Waals surface area contributed by atoms with Gasteiger partial charge in [-0.3, -0.25) is 0 Å². The van der Waals surface area contributed by atoms with E-state index < -0.39 is 0 Å². The van der Waals surface area contributed by atoms with Crippen molar-refractivity contribution in [3.05, 3.63) is 29.3 Å². The second kappa shape index (κ2) is 4.07. The van der Waals surface area contributed by atoms with Crippen molar-refractivity contribution in [2.24, 2.45) is 0 Å². The minimum Gasteiger partial charge on any atom is -0.372 e. The molecule has 0 bridgehead atoms. The second-order valence-corrected chi connectivity index (χ2v) is 4.18. The Kier molecular flexibility index (Phi) is 2.79. The maximum atomic E-state index is 5.51. The van der Waals surface area contributed by atoms with Gasteiger partial charge in [0.05, 0.1) is 10.2 Å². The Morgan fingerprint density at radius 1 is 1.43 bits per heavy atom. The van der Waals surface area contributed by atoms with Crippen molar-refractivity contribution in [2.45, 2.75) is 20.0 Å². The lowest BCUT2D eigenvalue weighted by Crippen LogP contribution is -1.97. The lowest BCUT2D eigenvalue weighted by molar-refractivity contribution is 0.0763. The maximum Gasteiger partial charge on any atom is 0.122 e. The van der Waals surface area contributed by atoms with E-state index in [1.807, 2.05) is 32.0 Å². The van der Waals surface area contributed by atoms with Crippen LogP contribution in [0.5, 0.6) is 0 Å². The molecule has 0 fully saturated rings. The van der Waals surface area contributed by atoms with Crippen molar-refractivity contribution in [3.63, 3.8) is 0 Å². The van der Waals surface area contributed by atoms with Crippen LogP contribution in [0, 0.1) is 0 Å². The molecular weight excluding hydrogens is 194 g/mol. The molecule has 0 amide bonds. The molecule has 0 aliphatic rings. The third-order valence-corrected chi connectivity index (χ3v) is 3.27. The van der Waals surface area contributed by atoms with Crippen molar-refractivity contribution < 1.29 is 4.74 Å². The molecule has 0 saturated heterocycles. The van der Waals surface area contributed by atoms with E-state index >= 15 is 0 Å². The summed E-state index contributed by atoms with van der Waals surface area (Å²) in [6, 6.07) is 8.18. The zero-order valence-corrected chi connectivity index (χ0v) is 9.17. The maximum absolute atomic E-state index is 5.51. The number of nitrogens with zero attached hydrogens (tertiary/aromatic N) is 1. The predicted octanol–water partition coefficient (Wildman–Crippen LogP) is 3.39. The van der Waals surface area contributed by atoms with Crippen LogP contribution < -0.4 is 0 Å². The number of benzene rings is 1. The molecule has 2 rings (SSSR count). The van der Waals surface area contributed by atoms with Gasteiger partial charge in [-0.1, -0.05) is 12.1 Å². The van der Waals surface area contributed by atoms with Gasteiger partial charge in [-0.15, -0.1) is 11.3 Å². The van der Waals surface area contributed by atoms with Gasteiger partial charge in [-0.25, -0.2) is 4.98 Å². The Bertz CT molecular complexity index is 391. The average molecular weight is 207 g/mol. The topological polar surface area (TPSA) is 22.1 Å². The highest BCUT2D eigenvalue weighted by atomic mass is 32.1. The molecule has 1 heterocycles. The summed E-state index contributed by atoms with van der Waals surface area (Å²) < 4.78 is 6.74. The normalized spacial score (nSPS) is 13.3. The molecule has 2 nitrogen and oxygen atoms in total. The first-order chi connectivity index (χ1) is 6.81. The summed E-state index contributed by atoms with van der Waals surface area (Å²) in [6.07, 6.45) is 0.109. The molecule has 0 saturated carbocycles. The SMILES string of the molecule is CCOC(C)c1nc2ccccc2s1. The van der Waals surface area contributed by atoms with Crippen molar-refractivity contribution >= 4 is 21.6 Å². The summed E-state index contributed by atoms with van der Waals surface area (Å²) in [6.45, 7) is 4.78. The molecular formula is C11H13NOS. The van der Waals surface area contributed by atoms with Gasteiger partial charge in [-0.05, 0) is 26.0 Å². The fourth-order valence-corrected chi connectivity index (χ4v) is 2.35. The van der Waals surface area contributed by atoms with Gasteiger partial charge in [-0.2, -0.15) is 0 Å². The van der Waals surface area contributed by atoms with E-state index in [0.29, 0.717) is 0 Å². The molecule has 3 heteroatoms. The Morgan fingerprint density at radius 2 is 2.21 bits per heavy atom. The number of aromatic nitrogens is 1. The zero-order chi connectivity index (χ0) is 9.97. The van der Waals surface area contributed by atoms with E-state index in [2.05, 4.69) is 11.1 Å². The van der Waals surface area contributed by atoms with E-state index in [-0.39, 0.29) is 6.10 Å². The van der Waals surface area contributed by atoms with E-state index in [4.69, 9.17) is 4.74 Å². The van der Waals surface area contributed by atoms with Gasteiger partial charge < -0.3 is 4.74 Å². The Labute approximate surface area is 87.5 Å². The van der Waals surface area contributed by atoms with Crippen LogP contribution in [-0.4, -0.2) is 11.6 Å². The van der Waals surface area contributed by atoms with Crippen LogP contribution in [0.1, 0.15) is 25.0 Å². The first-order valence-electron chi connectivity index (χ1n) is 4.78. The number of ether oxygens (including phenoxy) is 1. The molecule has 0 radical (unpaired) electrons. The highest BCUT2D eigenvalue weighted by Gasteiger charge is 2.10. The van der Waals surface area contributed by atoms with E-state index in [9.17, 15) is 0 Å². The van der Waals surface area contributed by atoms with Crippen LogP contribution in [0.15, 0.2) is 24.3 Å². The second-order valence-electron chi connectivity index (χ2n) is 3.12. The number of fused-ring (bicyclic) bond motifs is 1. The minimum absolute atomic E-state index is 0.109. The number of hydrogen-bond acceptors (Lipinski definition) is 3. The molecule has 0 aliphatic heterocycles. The molecule has 1 atom stereocenters. The molecule has 2 aromatic rings. The summed E-state index contributed by atoms with van der Waals surface area (Å²) >= 11 is 1.71. The summed E-state index contributed by atoms with van der Waals surface area (Å²) in [7, 11) is 0. The minimum atomic E-state index is 0.109. The van der Waals surface area contributed by atoms with Crippen LogP contribution in [-0.2, 0) is 4.74 Å². The summed E-state index contributed by atoms with van der Waals surface area (Å²) in [5.41, 5.74) is 1.07. The predicted molar refractivity (Wildman–Crippen MR) is 59.7 cm³/mol. The van der Waals surface area contributed by atoms with Gasteiger partial charge in [0.15, 0.2) is 0 Å². The summed E-state index contributed by atoms with van der Waals surface area (Å²) in [4.78, 5) is 4.52. The Morgan fingerprint density at radius 3 is 2.93 bits per heavy atom. The number of hydrogen-bond donors (Lipinski definition) is 0. The number of thiazole rings is 1. The quantitative estimate of drug-likeness (QED) is 0.769. The van der Waals surface area contributed by atoms with Crippen LogP contribution in [0.25, 0.3) is 10.2 Å². The first kappa shape index (κ1) is 9.62. The van der Waals surface area contributed by atoms with Gasteiger partial charge in [0, 0.05) is 6.61 Å². The largest absolute Gasteiger partial charge is 0.372 e. The summed E-state index contributed by atoms with van der Waals surface area (Å²) in [5.74, 6) is 0. The Hall–Kier alpha value is -0.930. The monoisotopic (exact) mass is 207 g/mol. The van der Waals surface area contributed by atoms with Crippen LogP contribution >= 0.6 is 11.3 Å². The van der Waals surface area contributed by atoms with Crippen LogP contribution in [0.2, 0.25) is 0 Å². The standard InChI is InChI=1S/C11H13NOS/c1-3-13-8(2)11-12-9-6-4-5-7-10(9)14-11/h4-8H,3H2,1-2H3. The Balaban J connectivity index is 2.35. The first-order valence-corrected chi connectivity index (χ1v) is 5.60. The molecule has 14 heavy (non-hydrogen) atoms. The molecule has 0 spiro atoms. The van der Waals surface area contributed by atoms with Gasteiger partial charge in [0.2, 0.25) is 0 Å². The highest BCUT2D eigenvalue weighted by molar-refractivity contribution is 7.18. The third-order valence-electron chi connectivity index (χ3n) is 2.07. The zero-order valence-electron chi connectivity index (χ0n) is 8.36. The number of para-hydroxylation sites is 1. The number of rotatable bonds is 3. The average Bonchev–Trinajstić information content (AvgIpc) is 2.61. The van der Waals surface area contributed by atoms with E-state index in [1.165, 1.54) is 4.70 Å². The molecule has 1 aromatic heterocycles. The molecule has 0 aliphatic carbocycles. The highest BCUT2D eigenvalue weighted by Crippen LogP contribution is 2.27. The smallest absolute Gasteiger partial charge is 0.122 e. The summed E-state index contributed by atoms with van der Waals surface area (Å²) in [5, 5.41) is 1.06. The van der Waals surface area contributed by atoms with Gasteiger partial charge in [0.25, 0.3) is 0 Å². The fourth-order valence-electron chi connectivity index (χ4n) is 1.39. The third kappa shape index (κ3) is 1.79. The lowest BCUT2D eigenvalue weighted by atomic mass is 10.3. The van der Waals surface area contributed by atoms with E-state index in [0.717, 1.165) is 17.1 Å². The van der Waals surface area contributed by atoms with Crippen molar-refractivity contribution in [1.82, 2.24) is 4.98 Å². The van der Waals surface area contributed by atoms with Gasteiger partial charge >= 0.3 is 0 Å². The fraction of sp³-hybridized carbons (Fsp3) is 0.364. The van der Waals surface area contributed by atoms with E-state index in [1.54, 1.807) is 11.3 Å². The van der Waals surface area contributed by atoms with Crippen molar-refractivity contribution in [3.8, 4) is 0 Å².